The van der Waals surface area contributed by atoms with Gasteiger partial charge in [-0.1, -0.05) is 223 Å². The molecule has 11 aromatic carbocycles. The van der Waals surface area contributed by atoms with E-state index < -0.39 is 21.6 Å². The summed E-state index contributed by atoms with van der Waals surface area (Å²) < 4.78 is 0. The molecular formula is C73H68N2Si2. The first-order chi connectivity index (χ1) is 37.1. The molecule has 4 heteroatoms. The van der Waals surface area contributed by atoms with Gasteiger partial charge in [-0.05, 0) is 173 Å². The van der Waals surface area contributed by atoms with E-state index in [4.69, 9.17) is 0 Å². The Morgan fingerprint density at radius 3 is 1.22 bits per heavy atom. The van der Waals surface area contributed by atoms with Crippen molar-refractivity contribution in [1.82, 2.24) is 0 Å². The topological polar surface area (TPSA) is 6.48 Å². The van der Waals surface area contributed by atoms with Crippen LogP contribution in [0.4, 0.5) is 34.1 Å². The number of anilines is 6. The Bertz CT molecular complexity index is 4050. The normalized spacial score (nSPS) is 13.4. The number of nitrogens with zero attached hydrogens (tertiary/aromatic N) is 2. The van der Waals surface area contributed by atoms with Crippen molar-refractivity contribution >= 4 is 93.0 Å². The minimum absolute atomic E-state index is 0.448. The Morgan fingerprint density at radius 2 is 0.740 bits per heavy atom. The Balaban J connectivity index is 1.07. The lowest BCUT2D eigenvalue weighted by Crippen LogP contribution is -2.37. The van der Waals surface area contributed by atoms with Gasteiger partial charge < -0.3 is 9.80 Å². The SMILES string of the molecule is CC(C)c1ccc(N(c2ccc([Si](C)(C)C)cc2)c2ccc3c4c(ccc3c2)-c2c(c3ccc(N(c5ccc(C(C)C)cc5)c5ccc([Si](C)(C)C)cc5)cc3c3ccccc23)C42c3ccccc3-c3ccccc32)cc1. The quantitative estimate of drug-likeness (QED) is 0.0995. The van der Waals surface area contributed by atoms with Crippen molar-refractivity contribution in [3.8, 4) is 22.3 Å². The lowest BCUT2D eigenvalue weighted by Gasteiger charge is -2.33. The van der Waals surface area contributed by atoms with E-state index in [9.17, 15) is 0 Å². The van der Waals surface area contributed by atoms with Crippen LogP contribution >= 0.6 is 0 Å². The molecule has 0 N–H and O–H groups in total. The summed E-state index contributed by atoms with van der Waals surface area (Å²) >= 11 is 0. The second-order valence-corrected chi connectivity index (χ2v) is 34.7. The molecule has 0 saturated heterocycles. The monoisotopic (exact) mass is 1030 g/mol. The van der Waals surface area contributed by atoms with Gasteiger partial charge in [-0.15, -0.1) is 0 Å². The van der Waals surface area contributed by atoms with Gasteiger partial charge in [0, 0.05) is 34.1 Å². The lowest BCUT2D eigenvalue weighted by atomic mass is 9.68. The second-order valence-electron chi connectivity index (χ2n) is 24.5. The standard InChI is InChI=1S/C73H68N2Si2/c1-47(2)49-23-28-52(29-24-49)74(54-32-38-58(39-33-54)76(5,6)7)56-36-43-60-51(45-56)27-42-66-70-64-20-12-11-17-61(64)67-46-57(75(53-30-25-50(26-31-53)48(3)4)55-34-40-59(41-35-55)77(8,9)10)37-44-65(67)72(70)73(71(60)66)68-21-15-13-18-62(68)63-19-14-16-22-69(63)73/h11-48H,1-10H3. The number of rotatable bonds is 10. The second kappa shape index (κ2) is 18.2. The first-order valence-corrected chi connectivity index (χ1v) is 34.9. The number of hydrogen-bond donors (Lipinski definition) is 0. The van der Waals surface area contributed by atoms with Crippen LogP contribution < -0.4 is 20.2 Å². The maximum absolute atomic E-state index is 2.49. The molecular weight excluding hydrogens is 961 g/mol. The van der Waals surface area contributed by atoms with E-state index in [1.54, 1.807) is 0 Å². The molecule has 1 spiro atoms. The van der Waals surface area contributed by atoms with E-state index in [1.807, 2.05) is 0 Å². The van der Waals surface area contributed by atoms with Crippen molar-refractivity contribution in [2.75, 3.05) is 9.80 Å². The van der Waals surface area contributed by atoms with E-state index in [-0.39, 0.29) is 0 Å². The maximum atomic E-state index is 2.49. The fraction of sp³-hybridized carbons (Fsp3) is 0.178. The number of fused-ring (bicyclic) bond motifs is 17. The highest BCUT2D eigenvalue weighted by Crippen LogP contribution is 2.67. The van der Waals surface area contributed by atoms with Crippen molar-refractivity contribution in [2.24, 2.45) is 0 Å². The van der Waals surface area contributed by atoms with Crippen LogP contribution in [0.3, 0.4) is 0 Å². The minimum atomic E-state index is -1.53. The zero-order valence-corrected chi connectivity index (χ0v) is 48.3. The van der Waals surface area contributed by atoms with Crippen LogP contribution in [0.2, 0.25) is 39.3 Å². The molecule has 2 aliphatic carbocycles. The third kappa shape index (κ3) is 7.77. The largest absolute Gasteiger partial charge is 0.310 e. The smallest absolute Gasteiger partial charge is 0.0775 e. The molecule has 0 aromatic heterocycles. The molecule has 2 aliphatic rings. The van der Waals surface area contributed by atoms with E-state index in [1.165, 1.54) is 104 Å². The Hall–Kier alpha value is -7.77. The Kier molecular flexibility index (Phi) is 11.5. The summed E-state index contributed by atoms with van der Waals surface area (Å²) in [5, 5.41) is 10.5. The average Bonchev–Trinajstić information content (AvgIpc) is 3.21. The van der Waals surface area contributed by atoms with Crippen LogP contribution in [0.1, 0.15) is 72.9 Å². The van der Waals surface area contributed by atoms with E-state index in [0.717, 1.165) is 28.4 Å². The van der Waals surface area contributed by atoms with Crippen LogP contribution in [0.15, 0.2) is 218 Å². The summed E-state index contributed by atoms with van der Waals surface area (Å²) in [6, 6.07) is 84.6. The van der Waals surface area contributed by atoms with Gasteiger partial charge in [0.1, 0.15) is 0 Å². The summed E-state index contributed by atoms with van der Waals surface area (Å²) in [6.45, 7) is 23.7. The highest BCUT2D eigenvalue weighted by molar-refractivity contribution is 6.89. The first-order valence-electron chi connectivity index (χ1n) is 27.9. The van der Waals surface area contributed by atoms with Gasteiger partial charge in [0.2, 0.25) is 0 Å². The molecule has 378 valence electrons. The molecule has 0 heterocycles. The summed E-state index contributed by atoms with van der Waals surface area (Å²) in [7, 11) is -3.04. The third-order valence-corrected chi connectivity index (χ3v) is 21.3. The van der Waals surface area contributed by atoms with Crippen LogP contribution in [0.5, 0.6) is 0 Å². The fourth-order valence-electron chi connectivity index (χ4n) is 13.1. The van der Waals surface area contributed by atoms with Crippen LogP contribution in [0, 0.1) is 0 Å². The van der Waals surface area contributed by atoms with Gasteiger partial charge in [-0.2, -0.15) is 0 Å². The van der Waals surface area contributed by atoms with Crippen molar-refractivity contribution in [3.05, 3.63) is 252 Å². The summed E-state index contributed by atoms with van der Waals surface area (Å²) in [5.74, 6) is 0.902. The van der Waals surface area contributed by atoms with Crippen LogP contribution in [-0.2, 0) is 5.41 Å². The van der Waals surface area contributed by atoms with Gasteiger partial charge in [0.15, 0.2) is 0 Å². The predicted octanol–water partition coefficient (Wildman–Crippen LogP) is 19.8. The number of hydrogen-bond acceptors (Lipinski definition) is 2. The molecule has 0 saturated carbocycles. The highest BCUT2D eigenvalue weighted by atomic mass is 28.3. The van der Waals surface area contributed by atoms with E-state index >= 15 is 0 Å². The molecule has 77 heavy (non-hydrogen) atoms. The molecule has 2 nitrogen and oxygen atoms in total. The summed E-state index contributed by atoms with van der Waals surface area (Å²) in [4.78, 5) is 4.93. The molecule has 0 fully saturated rings. The zero-order chi connectivity index (χ0) is 53.1. The Morgan fingerprint density at radius 1 is 0.325 bits per heavy atom. The van der Waals surface area contributed by atoms with Crippen molar-refractivity contribution in [2.45, 2.75) is 84.2 Å². The molecule has 0 amide bonds. The summed E-state index contributed by atoms with van der Waals surface area (Å²) in [5.41, 5.74) is 19.7. The van der Waals surface area contributed by atoms with Gasteiger partial charge in [-0.3, -0.25) is 0 Å². The van der Waals surface area contributed by atoms with Gasteiger partial charge in [0.25, 0.3) is 0 Å². The molecule has 0 atom stereocenters. The third-order valence-electron chi connectivity index (χ3n) is 17.1. The molecule has 0 unspecified atom stereocenters. The predicted molar refractivity (Wildman–Crippen MR) is 339 cm³/mol. The molecule has 13 rings (SSSR count). The van der Waals surface area contributed by atoms with Gasteiger partial charge in [0.05, 0.1) is 21.6 Å². The average molecular weight is 1030 g/mol. The number of benzene rings is 11. The van der Waals surface area contributed by atoms with E-state index in [2.05, 4.69) is 295 Å². The molecule has 0 aliphatic heterocycles. The van der Waals surface area contributed by atoms with Gasteiger partial charge in [-0.25, -0.2) is 0 Å². The molecule has 11 aromatic rings. The van der Waals surface area contributed by atoms with Crippen LogP contribution in [-0.4, -0.2) is 16.1 Å². The molecule has 0 radical (unpaired) electrons. The lowest BCUT2D eigenvalue weighted by molar-refractivity contribution is 0.809. The van der Waals surface area contributed by atoms with Gasteiger partial charge >= 0.3 is 0 Å². The van der Waals surface area contributed by atoms with Crippen LogP contribution in [0.25, 0.3) is 54.6 Å². The van der Waals surface area contributed by atoms with Crippen molar-refractivity contribution in [3.63, 3.8) is 0 Å². The maximum Gasteiger partial charge on any atom is 0.0775 e. The zero-order valence-electron chi connectivity index (χ0n) is 46.3. The van der Waals surface area contributed by atoms with E-state index in [0.29, 0.717) is 11.8 Å². The minimum Gasteiger partial charge on any atom is -0.310 e. The van der Waals surface area contributed by atoms with Crippen molar-refractivity contribution < 1.29 is 0 Å². The summed E-state index contributed by atoms with van der Waals surface area (Å²) in [6.07, 6.45) is 0. The highest BCUT2D eigenvalue weighted by Gasteiger charge is 2.54. The Labute approximate surface area is 458 Å². The first kappa shape index (κ1) is 48.8. The molecule has 0 bridgehead atoms. The van der Waals surface area contributed by atoms with Crippen molar-refractivity contribution in [1.29, 1.82) is 0 Å². The fourth-order valence-corrected chi connectivity index (χ4v) is 15.4.